The van der Waals surface area contributed by atoms with Gasteiger partial charge in [-0.1, -0.05) is 63.6 Å². The standard InChI is InChI=1S/C32H38N4O4S.BrH/c1-4-5-6-7-8-9-10-15-31(38)36(41(3,39)40)26-19-16-24(17-20-26)34-32-27-13-11-12-14-29(27)35-30-22-25(33-23(2)37)18-21-28(30)32;/h11-14,16-22H,4-10,15H2,1-3H3,(H,33,37)(H,34,35);1H. The molecule has 1 aromatic heterocycles. The monoisotopic (exact) mass is 654 g/mol. The summed E-state index contributed by atoms with van der Waals surface area (Å²) in [4.78, 5) is 29.3. The van der Waals surface area contributed by atoms with Gasteiger partial charge in [-0.2, -0.15) is 0 Å². The Morgan fingerprint density at radius 2 is 1.43 bits per heavy atom. The van der Waals surface area contributed by atoms with Crippen LogP contribution in [-0.4, -0.2) is 31.5 Å². The molecule has 3 aromatic carbocycles. The Hall–Kier alpha value is -3.50. The van der Waals surface area contributed by atoms with Gasteiger partial charge in [-0.3, -0.25) is 9.59 Å². The van der Waals surface area contributed by atoms with Crippen LogP contribution in [0.4, 0.5) is 22.7 Å². The highest BCUT2D eigenvalue weighted by atomic mass is 79.9. The number of amides is 2. The van der Waals surface area contributed by atoms with Gasteiger partial charge < -0.3 is 10.6 Å². The van der Waals surface area contributed by atoms with Crippen LogP contribution >= 0.6 is 17.0 Å². The minimum atomic E-state index is -3.79. The number of anilines is 4. The summed E-state index contributed by atoms with van der Waals surface area (Å²) in [7, 11) is -3.79. The minimum absolute atomic E-state index is 0. The minimum Gasteiger partial charge on any atom is -0.354 e. The number of sulfonamides is 1. The van der Waals surface area contributed by atoms with Crippen molar-refractivity contribution in [3.63, 3.8) is 0 Å². The third-order valence-corrected chi connectivity index (χ3v) is 8.00. The van der Waals surface area contributed by atoms with E-state index in [1.807, 2.05) is 42.5 Å². The average Bonchev–Trinajstić information content (AvgIpc) is 2.92. The predicted octanol–water partition coefficient (Wildman–Crippen LogP) is 8.10. The molecule has 0 aliphatic carbocycles. The Morgan fingerprint density at radius 3 is 2.10 bits per heavy atom. The molecular weight excluding hydrogens is 616 g/mol. The van der Waals surface area contributed by atoms with E-state index in [0.717, 1.165) is 57.5 Å². The lowest BCUT2D eigenvalue weighted by atomic mass is 10.1. The van der Waals surface area contributed by atoms with Crippen LogP contribution in [-0.2, 0) is 19.6 Å². The van der Waals surface area contributed by atoms with Gasteiger partial charge in [0.2, 0.25) is 21.8 Å². The van der Waals surface area contributed by atoms with Gasteiger partial charge in [-0.15, -0.1) is 17.0 Å². The fourth-order valence-electron chi connectivity index (χ4n) is 4.99. The van der Waals surface area contributed by atoms with Crippen molar-refractivity contribution >= 4 is 83.4 Å². The second-order valence-electron chi connectivity index (χ2n) is 10.4. The Kier molecular flexibility index (Phi) is 11.9. The SMILES string of the molecule is Br.CCCCCCCCCC(=O)N(c1ccc(Nc2c3ccccc3nc3cc(NC(C)=O)ccc23)cc1)S(C)(=O)=O. The van der Waals surface area contributed by atoms with Crippen LogP contribution in [0.1, 0.15) is 65.2 Å². The summed E-state index contributed by atoms with van der Waals surface area (Å²) in [6.07, 6.45) is 8.64. The average molecular weight is 656 g/mol. The van der Waals surface area contributed by atoms with E-state index in [9.17, 15) is 18.0 Å². The first-order chi connectivity index (χ1) is 19.7. The van der Waals surface area contributed by atoms with E-state index in [0.29, 0.717) is 23.3 Å². The van der Waals surface area contributed by atoms with Crippen LogP contribution in [0, 0.1) is 0 Å². The number of nitrogens with zero attached hydrogens (tertiary/aromatic N) is 2. The number of aromatic nitrogens is 1. The number of carbonyl (C=O) groups excluding carboxylic acids is 2. The molecule has 10 heteroatoms. The van der Waals surface area contributed by atoms with Crippen molar-refractivity contribution in [1.29, 1.82) is 0 Å². The zero-order chi connectivity index (χ0) is 29.4. The van der Waals surface area contributed by atoms with Gasteiger partial charge in [0.15, 0.2) is 0 Å². The van der Waals surface area contributed by atoms with E-state index in [4.69, 9.17) is 4.98 Å². The number of nitrogens with one attached hydrogen (secondary N) is 2. The van der Waals surface area contributed by atoms with Crippen LogP contribution < -0.4 is 14.9 Å². The van der Waals surface area contributed by atoms with Crippen molar-refractivity contribution in [2.24, 2.45) is 0 Å². The first-order valence-corrected chi connectivity index (χ1v) is 16.0. The molecule has 2 N–H and O–H groups in total. The van der Waals surface area contributed by atoms with Crippen molar-refractivity contribution in [2.75, 3.05) is 21.2 Å². The van der Waals surface area contributed by atoms with E-state index in [2.05, 4.69) is 17.6 Å². The lowest BCUT2D eigenvalue weighted by Gasteiger charge is -2.21. The van der Waals surface area contributed by atoms with E-state index in [1.54, 1.807) is 24.3 Å². The molecule has 42 heavy (non-hydrogen) atoms. The summed E-state index contributed by atoms with van der Waals surface area (Å²) in [6, 6.07) is 20.2. The van der Waals surface area contributed by atoms with Gasteiger partial charge >= 0.3 is 0 Å². The summed E-state index contributed by atoms with van der Waals surface area (Å²) < 4.78 is 26.1. The molecule has 0 aliphatic rings. The normalized spacial score (nSPS) is 11.2. The Morgan fingerprint density at radius 1 is 0.810 bits per heavy atom. The lowest BCUT2D eigenvalue weighted by Crippen LogP contribution is -2.36. The maximum absolute atomic E-state index is 13.0. The third-order valence-electron chi connectivity index (χ3n) is 6.93. The fourth-order valence-corrected chi connectivity index (χ4v) is 5.95. The van der Waals surface area contributed by atoms with Crippen LogP contribution in [0.3, 0.4) is 0 Å². The molecule has 0 unspecified atom stereocenters. The molecule has 4 aromatic rings. The summed E-state index contributed by atoms with van der Waals surface area (Å²) in [5.41, 5.74) is 4.04. The summed E-state index contributed by atoms with van der Waals surface area (Å²) in [5.74, 6) is -0.574. The molecule has 0 aliphatic heterocycles. The first-order valence-electron chi connectivity index (χ1n) is 14.2. The molecule has 8 nitrogen and oxygen atoms in total. The van der Waals surface area contributed by atoms with Gasteiger partial charge in [-0.25, -0.2) is 17.7 Å². The maximum Gasteiger partial charge on any atom is 0.240 e. The fraction of sp³-hybridized carbons (Fsp3) is 0.344. The molecule has 4 rings (SSSR count). The maximum atomic E-state index is 13.0. The van der Waals surface area contributed by atoms with Gasteiger partial charge in [0.25, 0.3) is 0 Å². The molecule has 0 saturated carbocycles. The Balaban J connectivity index is 0.00000484. The second-order valence-corrected chi connectivity index (χ2v) is 12.2. The molecule has 2 amide bonds. The number of carbonyl (C=O) groups is 2. The number of hydrogen-bond acceptors (Lipinski definition) is 6. The number of hydrogen-bond donors (Lipinski definition) is 2. The first kappa shape index (κ1) is 33.0. The molecule has 1 heterocycles. The Bertz CT molecular complexity index is 1640. The second kappa shape index (κ2) is 15.1. The van der Waals surface area contributed by atoms with Crippen molar-refractivity contribution in [3.8, 4) is 0 Å². The lowest BCUT2D eigenvalue weighted by molar-refractivity contribution is -0.117. The number of pyridine rings is 1. The van der Waals surface area contributed by atoms with Crippen molar-refractivity contribution in [3.05, 3.63) is 66.7 Å². The molecule has 0 saturated heterocycles. The predicted molar refractivity (Wildman–Crippen MR) is 179 cm³/mol. The van der Waals surface area contributed by atoms with Crippen LogP contribution in [0.25, 0.3) is 21.8 Å². The van der Waals surface area contributed by atoms with E-state index < -0.39 is 15.9 Å². The smallest absolute Gasteiger partial charge is 0.240 e. The quantitative estimate of drug-likeness (QED) is 0.111. The van der Waals surface area contributed by atoms with Crippen molar-refractivity contribution < 1.29 is 18.0 Å². The molecule has 224 valence electrons. The van der Waals surface area contributed by atoms with Gasteiger partial charge in [0.1, 0.15) is 0 Å². The summed E-state index contributed by atoms with van der Waals surface area (Å²) in [6.45, 7) is 3.64. The van der Waals surface area contributed by atoms with E-state index in [1.165, 1.54) is 26.2 Å². The number of unbranched alkanes of at least 4 members (excludes halogenated alkanes) is 6. The van der Waals surface area contributed by atoms with Crippen molar-refractivity contribution in [2.45, 2.75) is 65.2 Å². The number of halogens is 1. The van der Waals surface area contributed by atoms with Crippen LogP contribution in [0.5, 0.6) is 0 Å². The van der Waals surface area contributed by atoms with Crippen molar-refractivity contribution in [1.82, 2.24) is 4.98 Å². The largest absolute Gasteiger partial charge is 0.354 e. The van der Waals surface area contributed by atoms with Crippen LogP contribution in [0.2, 0.25) is 0 Å². The number of fused-ring (bicyclic) bond motifs is 2. The van der Waals surface area contributed by atoms with Gasteiger partial charge in [0.05, 0.1) is 28.7 Å². The highest BCUT2D eigenvalue weighted by Crippen LogP contribution is 2.35. The van der Waals surface area contributed by atoms with E-state index in [-0.39, 0.29) is 29.3 Å². The molecule has 0 spiro atoms. The number of rotatable bonds is 13. The number of para-hydroxylation sites is 1. The van der Waals surface area contributed by atoms with Gasteiger partial charge in [0, 0.05) is 35.5 Å². The molecule has 0 bridgehead atoms. The zero-order valence-corrected chi connectivity index (χ0v) is 26.9. The summed E-state index contributed by atoms with van der Waals surface area (Å²) >= 11 is 0. The third kappa shape index (κ3) is 8.51. The zero-order valence-electron chi connectivity index (χ0n) is 24.4. The van der Waals surface area contributed by atoms with Gasteiger partial charge in [-0.05, 0) is 55.0 Å². The molecule has 0 atom stereocenters. The Labute approximate surface area is 258 Å². The van der Waals surface area contributed by atoms with Crippen LogP contribution in [0.15, 0.2) is 66.7 Å². The van der Waals surface area contributed by atoms with E-state index >= 15 is 0 Å². The molecule has 0 radical (unpaired) electrons. The topological polar surface area (TPSA) is 108 Å². The highest BCUT2D eigenvalue weighted by Gasteiger charge is 2.25. The highest BCUT2D eigenvalue weighted by molar-refractivity contribution is 8.93. The molecular formula is C32H39BrN4O4S. The number of benzene rings is 3. The molecule has 0 fully saturated rings. The summed E-state index contributed by atoms with van der Waals surface area (Å²) in [5, 5.41) is 8.05.